The lowest BCUT2D eigenvalue weighted by atomic mass is 10.1. The third kappa shape index (κ3) is 6.90. The molecule has 0 saturated carbocycles. The highest BCUT2D eigenvalue weighted by molar-refractivity contribution is 5.76. The van der Waals surface area contributed by atoms with Crippen molar-refractivity contribution in [3.05, 3.63) is 71.9 Å². The Morgan fingerprint density at radius 2 is 1.74 bits per heavy atom. The maximum absolute atomic E-state index is 12.1. The van der Waals surface area contributed by atoms with Gasteiger partial charge in [-0.3, -0.25) is 0 Å². The summed E-state index contributed by atoms with van der Waals surface area (Å²) in [4.78, 5) is 12.0. The molecule has 0 aliphatic rings. The minimum Gasteiger partial charge on any atom is -0.406 e. The minimum atomic E-state index is -4.77. The Morgan fingerprint density at radius 1 is 1.11 bits per heavy atom. The first-order valence-corrected chi connectivity index (χ1v) is 7.94. The second kappa shape index (κ2) is 8.95. The summed E-state index contributed by atoms with van der Waals surface area (Å²) in [7, 11) is 0. The molecule has 0 unspecified atom stereocenters. The first kappa shape index (κ1) is 20.1. The Kier molecular flexibility index (Phi) is 6.67. The van der Waals surface area contributed by atoms with Crippen molar-refractivity contribution in [2.75, 3.05) is 6.54 Å². The van der Waals surface area contributed by atoms with Crippen molar-refractivity contribution in [1.82, 2.24) is 10.3 Å². The van der Waals surface area contributed by atoms with E-state index in [-0.39, 0.29) is 11.4 Å². The van der Waals surface area contributed by atoms with Gasteiger partial charge in [0.05, 0.1) is 5.70 Å². The van der Waals surface area contributed by atoms with Crippen LogP contribution in [0.1, 0.15) is 11.1 Å². The van der Waals surface area contributed by atoms with Crippen molar-refractivity contribution in [2.45, 2.75) is 12.8 Å². The van der Waals surface area contributed by atoms with Gasteiger partial charge in [0.1, 0.15) is 5.75 Å². The average Bonchev–Trinajstić information content (AvgIpc) is 2.61. The fourth-order valence-corrected chi connectivity index (χ4v) is 2.18. The topological polar surface area (TPSA) is 93.6 Å². The van der Waals surface area contributed by atoms with Gasteiger partial charge in [0, 0.05) is 12.7 Å². The smallest absolute Gasteiger partial charge is 0.406 e. The van der Waals surface area contributed by atoms with Crippen LogP contribution < -0.4 is 21.6 Å². The predicted molar refractivity (Wildman–Crippen MR) is 94.9 cm³/mol. The molecular formula is C18H19F3N4O2. The highest BCUT2D eigenvalue weighted by atomic mass is 19.4. The van der Waals surface area contributed by atoms with Gasteiger partial charge in [-0.05, 0) is 41.8 Å². The molecule has 0 spiro atoms. The van der Waals surface area contributed by atoms with Crippen molar-refractivity contribution in [3.8, 4) is 5.75 Å². The van der Waals surface area contributed by atoms with Gasteiger partial charge in [-0.2, -0.15) is 0 Å². The van der Waals surface area contributed by atoms with E-state index in [1.807, 2.05) is 30.3 Å². The number of halogens is 3. The number of hydrogen-bond donors (Lipinski definition) is 3. The number of amides is 2. The number of carbonyl (C=O) groups is 1. The zero-order valence-electron chi connectivity index (χ0n) is 14.2. The number of nitrogens with one attached hydrogen (secondary N) is 1. The van der Waals surface area contributed by atoms with E-state index < -0.39 is 12.4 Å². The molecule has 5 N–H and O–H groups in total. The summed E-state index contributed by atoms with van der Waals surface area (Å²) in [5, 5.41) is 3.42. The number of urea groups is 1. The summed E-state index contributed by atoms with van der Waals surface area (Å²) in [6.45, 7) is 0.383. The molecule has 2 aromatic rings. The molecule has 0 radical (unpaired) electrons. The third-order valence-corrected chi connectivity index (χ3v) is 3.47. The molecule has 9 heteroatoms. The molecule has 144 valence electrons. The number of hydrogen-bond acceptors (Lipinski definition) is 4. The molecule has 27 heavy (non-hydrogen) atoms. The van der Waals surface area contributed by atoms with Gasteiger partial charge in [-0.25, -0.2) is 15.6 Å². The summed E-state index contributed by atoms with van der Waals surface area (Å²) in [6.07, 6.45) is -2.95. The zero-order valence-corrected chi connectivity index (χ0v) is 14.2. The number of ether oxygens (including phenoxy) is 1. The fourth-order valence-electron chi connectivity index (χ4n) is 2.18. The van der Waals surface area contributed by atoms with Crippen LogP contribution in [0.25, 0.3) is 5.70 Å². The number of benzene rings is 2. The molecule has 2 amide bonds. The van der Waals surface area contributed by atoms with Crippen LogP contribution in [0.15, 0.2) is 60.8 Å². The highest BCUT2D eigenvalue weighted by Gasteiger charge is 2.30. The van der Waals surface area contributed by atoms with E-state index in [1.54, 1.807) is 0 Å². The van der Waals surface area contributed by atoms with Gasteiger partial charge in [-0.1, -0.05) is 30.3 Å². The number of alkyl halides is 3. The Bertz CT molecular complexity index is 777. The average molecular weight is 380 g/mol. The predicted octanol–water partition coefficient (Wildman–Crippen LogP) is 2.97. The molecule has 0 aliphatic heterocycles. The van der Waals surface area contributed by atoms with E-state index >= 15 is 0 Å². The largest absolute Gasteiger partial charge is 0.573 e. The maximum atomic E-state index is 12.1. The number of rotatable bonds is 6. The molecular weight excluding hydrogens is 361 g/mol. The van der Waals surface area contributed by atoms with Gasteiger partial charge in [-0.15, -0.1) is 13.2 Å². The van der Waals surface area contributed by atoms with Crippen molar-refractivity contribution in [1.29, 1.82) is 0 Å². The summed E-state index contributed by atoms with van der Waals surface area (Å²) >= 11 is 0. The number of hydrazine groups is 1. The van der Waals surface area contributed by atoms with Crippen LogP contribution in [-0.4, -0.2) is 23.9 Å². The second-order valence-electron chi connectivity index (χ2n) is 5.53. The third-order valence-electron chi connectivity index (χ3n) is 3.47. The SMILES string of the molecule is N/C(=C\N(N)C(=O)NCCc1ccccc1)c1ccc(OC(F)(F)F)cc1. The van der Waals surface area contributed by atoms with Crippen LogP contribution in [0.4, 0.5) is 18.0 Å². The van der Waals surface area contributed by atoms with E-state index in [0.29, 0.717) is 18.5 Å². The van der Waals surface area contributed by atoms with Gasteiger partial charge in [0.2, 0.25) is 0 Å². The number of nitrogens with zero attached hydrogens (tertiary/aromatic N) is 1. The molecule has 0 bridgehead atoms. The Hall–Kier alpha value is -3.20. The van der Waals surface area contributed by atoms with Crippen LogP contribution in [0.5, 0.6) is 5.75 Å². The standard InChI is InChI=1S/C18H19F3N4O2/c19-18(20,21)27-15-8-6-14(7-9-15)16(22)12-25(23)17(26)24-11-10-13-4-2-1-3-5-13/h1-9,12H,10-11,22-23H2,(H,24,26)/b16-12-. The van der Waals surface area contributed by atoms with Gasteiger partial charge >= 0.3 is 12.4 Å². The molecule has 2 rings (SSSR count). The van der Waals surface area contributed by atoms with Crippen molar-refractivity contribution < 1.29 is 22.7 Å². The van der Waals surface area contributed by atoms with Crippen molar-refractivity contribution in [3.63, 3.8) is 0 Å². The van der Waals surface area contributed by atoms with E-state index in [2.05, 4.69) is 10.1 Å². The van der Waals surface area contributed by atoms with E-state index in [4.69, 9.17) is 11.6 Å². The fraction of sp³-hybridized carbons (Fsp3) is 0.167. The van der Waals surface area contributed by atoms with Crippen LogP contribution in [0.2, 0.25) is 0 Å². The summed E-state index contributed by atoms with van der Waals surface area (Å²) < 4.78 is 40.2. The van der Waals surface area contributed by atoms with Crippen molar-refractivity contribution in [2.24, 2.45) is 11.6 Å². The summed E-state index contributed by atoms with van der Waals surface area (Å²) in [6, 6.07) is 13.9. The molecule has 0 saturated heterocycles. The van der Waals surface area contributed by atoms with E-state index in [9.17, 15) is 18.0 Å². The maximum Gasteiger partial charge on any atom is 0.573 e. The zero-order chi connectivity index (χ0) is 19.9. The van der Waals surface area contributed by atoms with Crippen LogP contribution in [0.3, 0.4) is 0 Å². The van der Waals surface area contributed by atoms with Gasteiger partial charge in [0.25, 0.3) is 0 Å². The molecule has 6 nitrogen and oxygen atoms in total. The minimum absolute atomic E-state index is 0.106. The van der Waals surface area contributed by atoms with Crippen molar-refractivity contribution >= 4 is 11.7 Å². The molecule has 0 aromatic heterocycles. The second-order valence-corrected chi connectivity index (χ2v) is 5.53. The lowest BCUT2D eigenvalue weighted by Crippen LogP contribution is -2.42. The van der Waals surface area contributed by atoms with Crippen LogP contribution in [-0.2, 0) is 6.42 Å². The molecule has 0 heterocycles. The van der Waals surface area contributed by atoms with Gasteiger partial charge in [0.15, 0.2) is 0 Å². The van der Waals surface area contributed by atoms with Gasteiger partial charge < -0.3 is 15.8 Å². The first-order chi connectivity index (χ1) is 12.7. The molecule has 0 atom stereocenters. The van der Waals surface area contributed by atoms with Crippen LogP contribution >= 0.6 is 0 Å². The van der Waals surface area contributed by atoms with E-state index in [0.717, 1.165) is 22.7 Å². The Labute approximate surface area is 154 Å². The number of nitrogens with two attached hydrogens (primary N) is 2. The molecule has 0 fully saturated rings. The lowest BCUT2D eigenvalue weighted by molar-refractivity contribution is -0.274. The van der Waals surface area contributed by atoms with E-state index in [1.165, 1.54) is 18.3 Å². The Morgan fingerprint density at radius 3 is 2.33 bits per heavy atom. The summed E-state index contributed by atoms with van der Waals surface area (Å²) in [5.41, 5.74) is 7.39. The lowest BCUT2D eigenvalue weighted by Gasteiger charge is -2.15. The highest BCUT2D eigenvalue weighted by Crippen LogP contribution is 2.23. The summed E-state index contributed by atoms with van der Waals surface area (Å²) in [5.74, 6) is 5.27. The first-order valence-electron chi connectivity index (χ1n) is 7.94. The Balaban J connectivity index is 1.88. The monoisotopic (exact) mass is 380 g/mol. The quantitative estimate of drug-likeness (QED) is 0.408. The number of carbonyl (C=O) groups excluding carboxylic acids is 1. The molecule has 0 aliphatic carbocycles. The normalized spacial score (nSPS) is 11.8. The van der Waals surface area contributed by atoms with Crippen LogP contribution in [0, 0.1) is 0 Å². The molecule has 2 aromatic carbocycles.